The van der Waals surface area contributed by atoms with E-state index in [1.54, 1.807) is 35.2 Å². The molecule has 4 aromatic rings. The van der Waals surface area contributed by atoms with Crippen LogP contribution in [0.2, 0.25) is 10.0 Å². The smallest absolute Gasteiger partial charge is 0.341 e. The van der Waals surface area contributed by atoms with Crippen molar-refractivity contribution in [1.29, 1.82) is 0 Å². The average Bonchev–Trinajstić information content (AvgIpc) is 3.66. The van der Waals surface area contributed by atoms with Crippen molar-refractivity contribution in [2.75, 3.05) is 36.0 Å². The number of carbonyl (C=O) groups is 1. The first-order valence-electron chi connectivity index (χ1n) is 13.2. The molecule has 2 fully saturated rings. The Morgan fingerprint density at radius 3 is 2.60 bits per heavy atom. The molecular formula is C29H27Cl2N5O4. The van der Waals surface area contributed by atoms with Gasteiger partial charge in [-0.2, -0.15) is 0 Å². The molecule has 2 aliphatic heterocycles. The molecule has 1 N–H and O–H groups in total. The summed E-state index contributed by atoms with van der Waals surface area (Å²) < 4.78 is 7.65. The summed E-state index contributed by atoms with van der Waals surface area (Å²) in [5.41, 5.74) is 1.02. The molecule has 1 atom stereocenters. The summed E-state index contributed by atoms with van der Waals surface area (Å²) in [6, 6.07) is 10.7. The van der Waals surface area contributed by atoms with Gasteiger partial charge in [0, 0.05) is 37.4 Å². The van der Waals surface area contributed by atoms with Crippen LogP contribution in [-0.4, -0.2) is 57.9 Å². The molecule has 0 aliphatic carbocycles. The molecule has 3 aromatic heterocycles. The molecule has 2 aliphatic rings. The first-order chi connectivity index (χ1) is 19.4. The summed E-state index contributed by atoms with van der Waals surface area (Å²) in [4.78, 5) is 38.4. The molecule has 0 unspecified atom stereocenters. The Labute approximate surface area is 240 Å². The average molecular weight is 580 g/mol. The highest BCUT2D eigenvalue weighted by atomic mass is 35.5. The largest absolute Gasteiger partial charge is 0.477 e. The van der Waals surface area contributed by atoms with E-state index in [-0.39, 0.29) is 17.0 Å². The Hall–Kier alpha value is -3.82. The molecule has 0 amide bonds. The SMILES string of the molecule is O=C(O)c1cn(-c2ccc(N3CCCC3)nc2)c2cc(N3CCC[C@@H]3COc3ncccc3Cl)c(Cl)cc2c1=O. The second-order valence-electron chi connectivity index (χ2n) is 10.0. The van der Waals surface area contributed by atoms with Crippen molar-refractivity contribution in [3.8, 4) is 11.6 Å². The van der Waals surface area contributed by atoms with Gasteiger partial charge in [-0.25, -0.2) is 14.8 Å². The lowest BCUT2D eigenvalue weighted by Crippen LogP contribution is -2.34. The maximum atomic E-state index is 13.2. The number of carboxylic acid groups (broad SMARTS) is 1. The van der Waals surface area contributed by atoms with Gasteiger partial charge in [0.2, 0.25) is 11.3 Å². The van der Waals surface area contributed by atoms with E-state index < -0.39 is 11.4 Å². The van der Waals surface area contributed by atoms with Crippen LogP contribution in [0, 0.1) is 0 Å². The van der Waals surface area contributed by atoms with E-state index in [1.165, 1.54) is 6.20 Å². The number of nitrogens with zero attached hydrogens (tertiary/aromatic N) is 5. The van der Waals surface area contributed by atoms with E-state index in [0.717, 1.165) is 56.8 Å². The highest BCUT2D eigenvalue weighted by Gasteiger charge is 2.29. The summed E-state index contributed by atoms with van der Waals surface area (Å²) in [5, 5.41) is 10.8. The van der Waals surface area contributed by atoms with Crippen molar-refractivity contribution in [2.45, 2.75) is 31.7 Å². The standard InChI is InChI=1S/C29H27Cl2N5O4/c30-22-6-3-9-32-28(22)40-17-19-5-4-12-35(19)25-14-24-20(13-23(25)31)27(37)21(29(38)39)16-36(24)18-7-8-26(33-15-18)34-10-1-2-11-34/h3,6-9,13-16,19H,1-2,4-5,10-12,17H2,(H,38,39)/t19-/m1/s1. The minimum Gasteiger partial charge on any atom is -0.477 e. The Balaban J connectivity index is 1.40. The van der Waals surface area contributed by atoms with Crippen molar-refractivity contribution in [2.24, 2.45) is 0 Å². The third kappa shape index (κ3) is 4.95. The van der Waals surface area contributed by atoms with E-state index in [0.29, 0.717) is 33.7 Å². The third-order valence-corrected chi connectivity index (χ3v) is 8.16. The zero-order chi connectivity index (χ0) is 27.8. The molecule has 1 aromatic carbocycles. The predicted molar refractivity (Wildman–Crippen MR) is 156 cm³/mol. The number of halogens is 2. The summed E-state index contributed by atoms with van der Waals surface area (Å²) in [7, 11) is 0. The molecule has 0 bridgehead atoms. The zero-order valence-corrected chi connectivity index (χ0v) is 23.1. The first-order valence-corrected chi connectivity index (χ1v) is 14.0. The predicted octanol–water partition coefficient (Wildman–Crippen LogP) is 5.43. The van der Waals surface area contributed by atoms with Crippen LogP contribution in [0.4, 0.5) is 11.5 Å². The van der Waals surface area contributed by atoms with Gasteiger partial charge < -0.3 is 24.2 Å². The molecular weight excluding hydrogens is 553 g/mol. The Morgan fingerprint density at radius 2 is 1.88 bits per heavy atom. The van der Waals surface area contributed by atoms with Gasteiger partial charge in [-0.3, -0.25) is 4.79 Å². The van der Waals surface area contributed by atoms with E-state index in [4.69, 9.17) is 27.9 Å². The number of aromatic carboxylic acids is 1. The molecule has 5 heterocycles. The molecule has 206 valence electrons. The molecule has 2 saturated heterocycles. The van der Waals surface area contributed by atoms with E-state index in [2.05, 4.69) is 19.8 Å². The molecule has 0 saturated carbocycles. The number of hydrogen-bond acceptors (Lipinski definition) is 7. The highest BCUT2D eigenvalue weighted by Crippen LogP contribution is 2.36. The van der Waals surface area contributed by atoms with Crippen LogP contribution in [0.5, 0.6) is 5.88 Å². The van der Waals surface area contributed by atoms with Crippen LogP contribution in [-0.2, 0) is 0 Å². The summed E-state index contributed by atoms with van der Waals surface area (Å²) in [5.74, 6) is -0.0466. The Morgan fingerprint density at radius 1 is 1.05 bits per heavy atom. The number of ether oxygens (including phenoxy) is 1. The third-order valence-electron chi connectivity index (χ3n) is 7.57. The van der Waals surface area contributed by atoms with Gasteiger partial charge in [-0.15, -0.1) is 0 Å². The Kier molecular flexibility index (Phi) is 7.25. The van der Waals surface area contributed by atoms with Crippen LogP contribution in [0.3, 0.4) is 0 Å². The van der Waals surface area contributed by atoms with Crippen LogP contribution < -0.4 is 20.0 Å². The topological polar surface area (TPSA) is 101 Å². The number of anilines is 2. The Bertz CT molecular complexity index is 1640. The molecule has 0 radical (unpaired) electrons. The van der Waals surface area contributed by atoms with Crippen LogP contribution in [0.1, 0.15) is 36.0 Å². The van der Waals surface area contributed by atoms with Crippen LogP contribution >= 0.6 is 23.2 Å². The lowest BCUT2D eigenvalue weighted by atomic mass is 10.1. The molecule has 9 nitrogen and oxygen atoms in total. The minimum atomic E-state index is -1.30. The van der Waals surface area contributed by atoms with Gasteiger partial charge in [0.05, 0.1) is 34.2 Å². The van der Waals surface area contributed by atoms with Crippen molar-refractivity contribution in [3.05, 3.63) is 80.8 Å². The summed E-state index contributed by atoms with van der Waals surface area (Å²) in [6.45, 7) is 3.04. The number of fused-ring (bicyclic) bond motifs is 1. The van der Waals surface area contributed by atoms with Gasteiger partial charge in [0.15, 0.2) is 0 Å². The number of rotatable bonds is 7. The number of aromatic nitrogens is 3. The number of carboxylic acids is 1. The second-order valence-corrected chi connectivity index (χ2v) is 10.8. The lowest BCUT2D eigenvalue weighted by molar-refractivity contribution is 0.0695. The van der Waals surface area contributed by atoms with Gasteiger partial charge in [0.25, 0.3) is 0 Å². The van der Waals surface area contributed by atoms with Crippen LogP contribution in [0.25, 0.3) is 16.6 Å². The van der Waals surface area contributed by atoms with Crippen LogP contribution in [0.15, 0.2) is 59.8 Å². The quantitative estimate of drug-likeness (QED) is 0.309. The van der Waals surface area contributed by atoms with Gasteiger partial charge in [0.1, 0.15) is 23.0 Å². The summed E-state index contributed by atoms with van der Waals surface area (Å²) in [6.07, 6.45) is 8.79. The van der Waals surface area contributed by atoms with Gasteiger partial charge >= 0.3 is 5.97 Å². The second kappa shape index (κ2) is 11.0. The lowest BCUT2D eigenvalue weighted by Gasteiger charge is -2.28. The minimum absolute atomic E-state index is 0.00731. The molecule has 11 heteroatoms. The fourth-order valence-corrected chi connectivity index (χ4v) is 6.00. The van der Waals surface area contributed by atoms with Crippen molar-refractivity contribution in [3.63, 3.8) is 0 Å². The normalized spacial score (nSPS) is 17.1. The fraction of sp³-hybridized carbons (Fsp3) is 0.310. The zero-order valence-electron chi connectivity index (χ0n) is 21.6. The van der Waals surface area contributed by atoms with E-state index in [9.17, 15) is 14.7 Å². The first kappa shape index (κ1) is 26.4. The van der Waals surface area contributed by atoms with Gasteiger partial charge in [-0.05, 0) is 62.1 Å². The number of hydrogen-bond donors (Lipinski definition) is 1. The maximum Gasteiger partial charge on any atom is 0.341 e. The van der Waals surface area contributed by atoms with Crippen molar-refractivity contribution in [1.82, 2.24) is 14.5 Å². The molecule has 0 spiro atoms. The monoisotopic (exact) mass is 579 g/mol. The van der Waals surface area contributed by atoms with Crippen molar-refractivity contribution < 1.29 is 14.6 Å². The van der Waals surface area contributed by atoms with Gasteiger partial charge in [-0.1, -0.05) is 23.2 Å². The molecule has 6 rings (SSSR count). The molecule has 40 heavy (non-hydrogen) atoms. The number of benzene rings is 1. The maximum absolute atomic E-state index is 13.2. The van der Waals surface area contributed by atoms with E-state index >= 15 is 0 Å². The fourth-order valence-electron chi connectivity index (χ4n) is 5.55. The van der Waals surface area contributed by atoms with E-state index in [1.807, 2.05) is 18.2 Å². The summed E-state index contributed by atoms with van der Waals surface area (Å²) >= 11 is 13.0. The number of pyridine rings is 3. The van der Waals surface area contributed by atoms with Crippen molar-refractivity contribution >= 4 is 51.6 Å². The highest BCUT2D eigenvalue weighted by molar-refractivity contribution is 6.34.